The first-order chi connectivity index (χ1) is 16.6. The van der Waals surface area contributed by atoms with Gasteiger partial charge in [-0.3, -0.25) is 14.5 Å². The van der Waals surface area contributed by atoms with E-state index >= 15 is 0 Å². The number of nitrogen functional groups attached to an aromatic ring is 1. The molecule has 186 valence electrons. The van der Waals surface area contributed by atoms with E-state index in [1.165, 1.54) is 35.1 Å². The Bertz CT molecular complexity index is 1260. The molecule has 0 spiro atoms. The van der Waals surface area contributed by atoms with Gasteiger partial charge < -0.3 is 25.9 Å². The van der Waals surface area contributed by atoms with Crippen molar-refractivity contribution >= 4 is 79.8 Å². The highest BCUT2D eigenvalue weighted by molar-refractivity contribution is 8.04. The Hall–Kier alpha value is -2.95. The molecule has 1 unspecified atom stereocenters. The minimum absolute atomic E-state index is 0.0275. The second kappa shape index (κ2) is 9.96. The third kappa shape index (κ3) is 4.78. The van der Waals surface area contributed by atoms with Crippen LogP contribution in [0.15, 0.2) is 20.1 Å². The smallest absolute Gasteiger partial charge is 0.353 e. The van der Waals surface area contributed by atoms with Gasteiger partial charge in [0.05, 0.1) is 6.04 Å². The molecule has 1 fully saturated rings. The van der Waals surface area contributed by atoms with Crippen LogP contribution in [-0.4, -0.2) is 82.0 Å². The Balaban J connectivity index is 1.53. The van der Waals surface area contributed by atoms with Gasteiger partial charge in [-0.2, -0.15) is 0 Å². The standard InChI is InChI=1S/C18H19ClN8O5S3/c1-26(2)17-23-24-18(35-17)33-7-5-4-6-8(14(29)27(6)11(7)15(30)31)21-13(28)10(25-32-3)9-12(19)34-16(20)22-9/h6,8H,4-5H2,1-3H3,(H2,20,22)(H,21,28)(H,30,31)/b25-10-/t6-,8?/m1/s1. The lowest BCUT2D eigenvalue weighted by Crippen LogP contribution is -2.72. The summed E-state index contributed by atoms with van der Waals surface area (Å²) in [4.78, 5) is 50.2. The average molecular weight is 559 g/mol. The number of nitrogens with one attached hydrogen (secondary N) is 1. The number of nitrogens with two attached hydrogens (primary N) is 1. The molecule has 4 N–H and O–H groups in total. The molecular weight excluding hydrogens is 540 g/mol. The molecule has 2 aromatic heterocycles. The number of rotatable bonds is 8. The molecule has 4 rings (SSSR count). The number of carbonyl (C=O) groups is 3. The Morgan fingerprint density at radius 2 is 2.11 bits per heavy atom. The first-order valence-electron chi connectivity index (χ1n) is 9.94. The van der Waals surface area contributed by atoms with Crippen LogP contribution in [0.3, 0.4) is 0 Å². The monoisotopic (exact) mass is 558 g/mol. The second-order valence-electron chi connectivity index (χ2n) is 7.49. The molecule has 2 aliphatic heterocycles. The lowest BCUT2D eigenvalue weighted by molar-refractivity contribution is -0.155. The van der Waals surface area contributed by atoms with Crippen LogP contribution in [-0.2, 0) is 19.2 Å². The van der Waals surface area contributed by atoms with Crippen LogP contribution in [0.2, 0.25) is 4.34 Å². The van der Waals surface area contributed by atoms with E-state index < -0.39 is 29.9 Å². The van der Waals surface area contributed by atoms with Crippen molar-refractivity contribution in [1.82, 2.24) is 25.4 Å². The predicted molar refractivity (Wildman–Crippen MR) is 132 cm³/mol. The summed E-state index contributed by atoms with van der Waals surface area (Å²) in [6.07, 6.45) is 0.827. The summed E-state index contributed by atoms with van der Waals surface area (Å²) < 4.78 is 0.707. The number of carboxylic acid groups (broad SMARTS) is 1. The fraction of sp³-hybridized carbons (Fsp3) is 0.389. The van der Waals surface area contributed by atoms with Crippen LogP contribution < -0.4 is 16.0 Å². The quantitative estimate of drug-likeness (QED) is 0.241. The van der Waals surface area contributed by atoms with Crippen LogP contribution in [0.25, 0.3) is 0 Å². The Morgan fingerprint density at radius 1 is 1.37 bits per heavy atom. The van der Waals surface area contributed by atoms with E-state index in [0.29, 0.717) is 27.2 Å². The highest BCUT2D eigenvalue weighted by Crippen LogP contribution is 2.44. The molecule has 2 aliphatic rings. The topological polar surface area (TPSA) is 176 Å². The summed E-state index contributed by atoms with van der Waals surface area (Å²) >= 11 is 9.55. The summed E-state index contributed by atoms with van der Waals surface area (Å²) in [6, 6.07) is -1.48. The van der Waals surface area contributed by atoms with Crippen molar-refractivity contribution in [3.05, 3.63) is 20.6 Å². The number of thioether (sulfide) groups is 1. The van der Waals surface area contributed by atoms with Crippen LogP contribution in [0, 0.1) is 0 Å². The third-order valence-corrected chi connectivity index (χ3v) is 8.46. The number of carbonyl (C=O) groups excluding carboxylic acids is 2. The summed E-state index contributed by atoms with van der Waals surface area (Å²) in [5.74, 6) is -2.53. The minimum atomic E-state index is -1.24. The number of hydrogen-bond acceptors (Lipinski definition) is 13. The number of β-lactam (4-membered cyclic amide) rings is 1. The fourth-order valence-electron chi connectivity index (χ4n) is 3.61. The lowest BCUT2D eigenvalue weighted by Gasteiger charge is -2.49. The van der Waals surface area contributed by atoms with Gasteiger partial charge in [0.2, 0.25) is 5.13 Å². The first-order valence-corrected chi connectivity index (χ1v) is 12.8. The van der Waals surface area contributed by atoms with Crippen LogP contribution in [0.4, 0.5) is 10.3 Å². The van der Waals surface area contributed by atoms with Gasteiger partial charge in [-0.25, -0.2) is 9.78 Å². The van der Waals surface area contributed by atoms with E-state index in [4.69, 9.17) is 22.2 Å². The highest BCUT2D eigenvalue weighted by Gasteiger charge is 2.54. The van der Waals surface area contributed by atoms with Crippen LogP contribution in [0.1, 0.15) is 18.5 Å². The molecule has 0 bridgehead atoms. The number of nitrogens with zero attached hydrogens (tertiary/aromatic N) is 6. The van der Waals surface area contributed by atoms with Crippen LogP contribution in [0.5, 0.6) is 0 Å². The summed E-state index contributed by atoms with van der Waals surface area (Å²) in [5, 5.41) is 25.1. The Morgan fingerprint density at radius 3 is 2.69 bits per heavy atom. The number of hydrogen-bond donors (Lipinski definition) is 3. The number of allylic oxidation sites excluding steroid dienone is 1. The van der Waals surface area contributed by atoms with E-state index in [1.54, 1.807) is 4.90 Å². The molecule has 0 radical (unpaired) electrons. The molecule has 35 heavy (non-hydrogen) atoms. The first kappa shape index (κ1) is 25.2. The molecule has 2 aromatic rings. The van der Waals surface area contributed by atoms with E-state index in [-0.39, 0.29) is 26.6 Å². The number of thiazole rings is 1. The molecular formula is C18H19ClN8O5S3. The average Bonchev–Trinajstić information content (AvgIpc) is 3.40. The zero-order valence-electron chi connectivity index (χ0n) is 18.5. The Kier molecular flexibility index (Phi) is 7.16. The number of halogens is 1. The second-order valence-corrected chi connectivity index (χ2v) is 11.4. The van der Waals surface area contributed by atoms with Crippen molar-refractivity contribution in [2.75, 3.05) is 31.8 Å². The fourth-order valence-corrected chi connectivity index (χ4v) is 6.53. The molecule has 2 atom stereocenters. The summed E-state index contributed by atoms with van der Waals surface area (Å²) in [5.41, 5.74) is 5.31. The number of fused-ring (bicyclic) bond motifs is 1. The molecule has 0 aromatic carbocycles. The zero-order chi connectivity index (χ0) is 25.4. The number of carboxylic acids is 1. The maximum Gasteiger partial charge on any atom is 0.353 e. The SMILES string of the molecule is CO/N=C(\C(=O)NC1C(=O)N2C(C(=O)O)=C(Sc3nnc(N(C)C)s3)CC[C@H]12)c1nc(N)sc1Cl. The number of oxime groups is 1. The largest absolute Gasteiger partial charge is 0.477 e. The van der Waals surface area contributed by atoms with Gasteiger partial charge in [0, 0.05) is 19.0 Å². The van der Waals surface area contributed by atoms with Gasteiger partial charge >= 0.3 is 5.97 Å². The van der Waals surface area contributed by atoms with E-state index in [2.05, 4.69) is 25.7 Å². The van der Waals surface area contributed by atoms with E-state index in [1.807, 2.05) is 14.1 Å². The third-order valence-electron chi connectivity index (χ3n) is 5.09. The maximum atomic E-state index is 13.0. The van der Waals surface area contributed by atoms with E-state index in [0.717, 1.165) is 11.3 Å². The molecule has 1 saturated heterocycles. The highest BCUT2D eigenvalue weighted by atomic mass is 35.5. The molecule has 0 saturated carbocycles. The zero-order valence-corrected chi connectivity index (χ0v) is 21.7. The van der Waals surface area contributed by atoms with Crippen molar-refractivity contribution in [2.24, 2.45) is 5.16 Å². The van der Waals surface area contributed by atoms with Gasteiger partial charge in [-0.05, 0) is 12.8 Å². The number of aromatic nitrogens is 3. The minimum Gasteiger partial charge on any atom is -0.477 e. The molecule has 0 aliphatic carbocycles. The van der Waals surface area contributed by atoms with E-state index in [9.17, 15) is 19.5 Å². The summed E-state index contributed by atoms with van der Waals surface area (Å²) in [6.45, 7) is 0. The number of anilines is 2. The van der Waals surface area contributed by atoms with Crippen LogP contribution >= 0.6 is 46.0 Å². The maximum absolute atomic E-state index is 13.0. The van der Waals surface area contributed by atoms with Crippen molar-refractivity contribution < 1.29 is 24.3 Å². The molecule has 17 heteroatoms. The number of amides is 2. The van der Waals surface area contributed by atoms with Crippen molar-refractivity contribution in [3.63, 3.8) is 0 Å². The normalized spacial score (nSPS) is 19.8. The van der Waals surface area contributed by atoms with Gasteiger partial charge in [0.25, 0.3) is 11.8 Å². The number of aliphatic carboxylic acids is 1. The van der Waals surface area contributed by atoms with Gasteiger partial charge in [0.15, 0.2) is 15.2 Å². The Labute approximate surface area is 216 Å². The lowest BCUT2D eigenvalue weighted by atomic mass is 9.86. The summed E-state index contributed by atoms with van der Waals surface area (Å²) in [7, 11) is 4.90. The van der Waals surface area contributed by atoms with Gasteiger partial charge in [-0.1, -0.05) is 51.2 Å². The molecule has 4 heterocycles. The predicted octanol–water partition coefficient (Wildman–Crippen LogP) is 1.22. The van der Waals surface area contributed by atoms with Crippen molar-refractivity contribution in [2.45, 2.75) is 29.3 Å². The van der Waals surface area contributed by atoms with Crippen molar-refractivity contribution in [1.29, 1.82) is 0 Å². The van der Waals surface area contributed by atoms with Gasteiger partial charge in [-0.15, -0.1) is 10.2 Å². The molecule has 2 amide bonds. The van der Waals surface area contributed by atoms with Gasteiger partial charge in [0.1, 0.15) is 28.9 Å². The molecule has 13 nitrogen and oxygen atoms in total. The van der Waals surface area contributed by atoms with Crippen molar-refractivity contribution in [3.8, 4) is 0 Å².